The summed E-state index contributed by atoms with van der Waals surface area (Å²) >= 11 is 0. The first-order valence-electron chi connectivity index (χ1n) is 8.96. The molecule has 1 aromatic heterocycles. The first-order valence-corrected chi connectivity index (χ1v) is 8.96. The lowest BCUT2D eigenvalue weighted by Crippen LogP contribution is -2.16. The number of rotatable bonds is 6. The van der Waals surface area contributed by atoms with Crippen LogP contribution >= 0.6 is 0 Å². The van der Waals surface area contributed by atoms with Crippen LogP contribution in [-0.2, 0) is 22.7 Å². The largest absolute Gasteiger partial charge is 0.486 e. The summed E-state index contributed by atoms with van der Waals surface area (Å²) in [5.74, 6) is 1.17. The summed E-state index contributed by atoms with van der Waals surface area (Å²) in [6.07, 6.45) is 0. The van der Waals surface area contributed by atoms with Crippen molar-refractivity contribution < 1.29 is 14.3 Å². The number of benzene rings is 3. The number of imidazole rings is 1. The van der Waals surface area contributed by atoms with Crippen LogP contribution in [-0.4, -0.2) is 22.1 Å². The van der Waals surface area contributed by atoms with Crippen molar-refractivity contribution in [2.75, 3.05) is 6.61 Å². The molecule has 0 radical (unpaired) electrons. The Morgan fingerprint density at radius 3 is 2.63 bits per heavy atom. The second-order valence-electron chi connectivity index (χ2n) is 6.21. The summed E-state index contributed by atoms with van der Waals surface area (Å²) in [6, 6.07) is 21.9. The maximum absolute atomic E-state index is 12.0. The van der Waals surface area contributed by atoms with Crippen LogP contribution in [0.3, 0.4) is 0 Å². The number of esters is 1. The van der Waals surface area contributed by atoms with E-state index in [1.807, 2.05) is 59.2 Å². The van der Waals surface area contributed by atoms with Crippen molar-refractivity contribution >= 4 is 27.8 Å². The lowest BCUT2D eigenvalue weighted by atomic mass is 10.1. The van der Waals surface area contributed by atoms with E-state index in [0.29, 0.717) is 12.4 Å². The number of para-hydroxylation sites is 2. The van der Waals surface area contributed by atoms with E-state index in [-0.39, 0.29) is 19.1 Å². The number of hydrogen-bond donors (Lipinski definition) is 0. The maximum atomic E-state index is 12.0. The van der Waals surface area contributed by atoms with Crippen LogP contribution in [0, 0.1) is 0 Å². The van der Waals surface area contributed by atoms with Gasteiger partial charge < -0.3 is 14.0 Å². The van der Waals surface area contributed by atoms with Gasteiger partial charge in [-0.05, 0) is 42.0 Å². The summed E-state index contributed by atoms with van der Waals surface area (Å²) in [7, 11) is 0. The second kappa shape index (κ2) is 7.50. The summed E-state index contributed by atoms with van der Waals surface area (Å²) in [5, 5.41) is 2.29. The van der Waals surface area contributed by atoms with Gasteiger partial charge >= 0.3 is 5.97 Å². The van der Waals surface area contributed by atoms with Gasteiger partial charge in [-0.1, -0.05) is 42.5 Å². The number of carbonyl (C=O) groups excluding carboxylic acids is 1. The summed E-state index contributed by atoms with van der Waals surface area (Å²) in [5.41, 5.74) is 1.72. The van der Waals surface area contributed by atoms with E-state index in [1.165, 1.54) is 5.39 Å². The van der Waals surface area contributed by atoms with E-state index in [1.54, 1.807) is 6.92 Å². The smallest absolute Gasteiger partial charge is 0.326 e. The van der Waals surface area contributed by atoms with Gasteiger partial charge in [0.1, 0.15) is 24.7 Å². The van der Waals surface area contributed by atoms with Gasteiger partial charge in [0.15, 0.2) is 0 Å². The number of carbonyl (C=O) groups is 1. The minimum absolute atomic E-state index is 0.116. The minimum atomic E-state index is -0.285. The Morgan fingerprint density at radius 1 is 1.00 bits per heavy atom. The van der Waals surface area contributed by atoms with Crippen molar-refractivity contribution in [1.82, 2.24) is 9.55 Å². The monoisotopic (exact) mass is 360 g/mol. The topological polar surface area (TPSA) is 53.4 Å². The van der Waals surface area contributed by atoms with Crippen LogP contribution in [0.1, 0.15) is 12.7 Å². The molecule has 0 aliphatic rings. The molecule has 0 fully saturated rings. The zero-order valence-electron chi connectivity index (χ0n) is 15.1. The molecule has 0 spiro atoms. The van der Waals surface area contributed by atoms with Gasteiger partial charge in [-0.25, -0.2) is 4.98 Å². The Labute approximate surface area is 157 Å². The fourth-order valence-corrected chi connectivity index (χ4v) is 3.15. The van der Waals surface area contributed by atoms with Gasteiger partial charge in [0.2, 0.25) is 0 Å². The highest BCUT2D eigenvalue weighted by atomic mass is 16.5. The Kier molecular flexibility index (Phi) is 4.75. The molecule has 0 saturated carbocycles. The first-order chi connectivity index (χ1) is 13.2. The molecule has 27 heavy (non-hydrogen) atoms. The number of nitrogens with zero attached hydrogens (tertiary/aromatic N) is 2. The third-order valence-electron chi connectivity index (χ3n) is 4.42. The van der Waals surface area contributed by atoms with Gasteiger partial charge in [-0.2, -0.15) is 0 Å². The second-order valence-corrected chi connectivity index (χ2v) is 6.21. The average Bonchev–Trinajstić information content (AvgIpc) is 3.04. The number of hydrogen-bond acceptors (Lipinski definition) is 4. The van der Waals surface area contributed by atoms with Crippen LogP contribution in [0.25, 0.3) is 21.8 Å². The molecule has 4 aromatic rings. The van der Waals surface area contributed by atoms with Gasteiger partial charge in [0.05, 0.1) is 17.6 Å². The standard InChI is InChI=1S/C22H20N2O3/c1-2-26-22(25)14-24-20-10-6-5-9-19(20)23-21(24)15-27-18-12-11-16-7-3-4-8-17(16)13-18/h3-13H,2,14-15H2,1H3. The van der Waals surface area contributed by atoms with Crippen molar-refractivity contribution in [1.29, 1.82) is 0 Å². The van der Waals surface area contributed by atoms with Crippen LogP contribution in [0.5, 0.6) is 5.75 Å². The van der Waals surface area contributed by atoms with Gasteiger partial charge in [-0.15, -0.1) is 0 Å². The fourth-order valence-electron chi connectivity index (χ4n) is 3.15. The van der Waals surface area contributed by atoms with Gasteiger partial charge in [0, 0.05) is 0 Å². The lowest BCUT2D eigenvalue weighted by Gasteiger charge is -2.10. The Bertz CT molecular complexity index is 1100. The van der Waals surface area contributed by atoms with Crippen molar-refractivity contribution in [3.63, 3.8) is 0 Å². The van der Waals surface area contributed by atoms with Crippen molar-refractivity contribution in [2.45, 2.75) is 20.1 Å². The average molecular weight is 360 g/mol. The van der Waals surface area contributed by atoms with E-state index in [0.717, 1.165) is 22.2 Å². The van der Waals surface area contributed by atoms with E-state index >= 15 is 0 Å². The number of fused-ring (bicyclic) bond motifs is 2. The van der Waals surface area contributed by atoms with Crippen LogP contribution < -0.4 is 4.74 Å². The zero-order valence-corrected chi connectivity index (χ0v) is 15.1. The third-order valence-corrected chi connectivity index (χ3v) is 4.42. The summed E-state index contributed by atoms with van der Waals surface area (Å²) in [6.45, 7) is 2.54. The van der Waals surface area contributed by atoms with Gasteiger partial charge in [0.25, 0.3) is 0 Å². The molecule has 3 aromatic carbocycles. The van der Waals surface area contributed by atoms with Gasteiger partial charge in [-0.3, -0.25) is 4.79 Å². The molecule has 0 unspecified atom stereocenters. The third kappa shape index (κ3) is 3.62. The SMILES string of the molecule is CCOC(=O)Cn1c(COc2ccc3ccccc3c2)nc2ccccc21. The maximum Gasteiger partial charge on any atom is 0.326 e. The first kappa shape index (κ1) is 17.1. The summed E-state index contributed by atoms with van der Waals surface area (Å²) < 4.78 is 12.9. The van der Waals surface area contributed by atoms with Crippen LogP contribution in [0.4, 0.5) is 0 Å². The normalized spacial score (nSPS) is 11.0. The molecule has 0 atom stereocenters. The fraction of sp³-hybridized carbons (Fsp3) is 0.182. The summed E-state index contributed by atoms with van der Waals surface area (Å²) in [4.78, 5) is 16.6. The van der Waals surface area contributed by atoms with Crippen LogP contribution in [0.15, 0.2) is 66.7 Å². The molecule has 4 rings (SSSR count). The molecular formula is C22H20N2O3. The highest BCUT2D eigenvalue weighted by molar-refractivity contribution is 5.83. The molecule has 5 nitrogen and oxygen atoms in total. The Balaban J connectivity index is 1.61. The predicted molar refractivity (Wildman–Crippen MR) is 105 cm³/mol. The quantitative estimate of drug-likeness (QED) is 0.480. The van der Waals surface area contributed by atoms with Crippen LogP contribution in [0.2, 0.25) is 0 Å². The molecule has 0 N–H and O–H groups in total. The molecule has 0 aliphatic carbocycles. The van der Waals surface area contributed by atoms with Crippen molar-refractivity contribution in [3.05, 3.63) is 72.6 Å². The molecular weight excluding hydrogens is 340 g/mol. The molecule has 0 aliphatic heterocycles. The molecule has 1 heterocycles. The molecule has 0 bridgehead atoms. The predicted octanol–water partition coefficient (Wildman–Crippen LogP) is 4.33. The number of aromatic nitrogens is 2. The Morgan fingerprint density at radius 2 is 1.78 bits per heavy atom. The zero-order chi connectivity index (χ0) is 18.6. The van der Waals surface area contributed by atoms with E-state index in [9.17, 15) is 4.79 Å². The van der Waals surface area contributed by atoms with E-state index in [2.05, 4.69) is 17.1 Å². The highest BCUT2D eigenvalue weighted by Gasteiger charge is 2.14. The number of ether oxygens (including phenoxy) is 2. The van der Waals surface area contributed by atoms with E-state index in [4.69, 9.17) is 9.47 Å². The van der Waals surface area contributed by atoms with E-state index < -0.39 is 0 Å². The highest BCUT2D eigenvalue weighted by Crippen LogP contribution is 2.22. The van der Waals surface area contributed by atoms with Crippen molar-refractivity contribution in [3.8, 4) is 5.75 Å². The minimum Gasteiger partial charge on any atom is -0.486 e. The molecule has 0 amide bonds. The lowest BCUT2D eigenvalue weighted by molar-refractivity contribution is -0.143. The molecule has 0 saturated heterocycles. The van der Waals surface area contributed by atoms with Crippen molar-refractivity contribution in [2.24, 2.45) is 0 Å². The molecule has 136 valence electrons. The molecule has 5 heteroatoms. The Hall–Kier alpha value is -3.34.